The van der Waals surface area contributed by atoms with E-state index in [4.69, 9.17) is 19.3 Å². The largest absolute Gasteiger partial charge is 0.497 e. The first-order valence-electron chi connectivity index (χ1n) is 9.02. The Morgan fingerprint density at radius 1 is 1.12 bits per heavy atom. The van der Waals surface area contributed by atoms with Gasteiger partial charge in [0.2, 0.25) is 0 Å². The van der Waals surface area contributed by atoms with Gasteiger partial charge in [-0.2, -0.15) is 0 Å². The standard InChI is InChI=1S/C21H17BrN2O8/c1-30-13-5-3-12(4-6-13)24-20(28)14(19(27)23-21(24)29)7-11-8-15(22)18(16(9-11)31-2)32-10-17(25)26/h3-9H,10H2,1-2H3,(H,25,26)(H,23,27,29)/b14-7+. The number of imide groups is 2. The van der Waals surface area contributed by atoms with E-state index in [0.717, 1.165) is 4.90 Å². The summed E-state index contributed by atoms with van der Waals surface area (Å²) in [6.45, 7) is -0.588. The molecule has 0 unspecified atom stereocenters. The maximum atomic E-state index is 13.0. The summed E-state index contributed by atoms with van der Waals surface area (Å²) in [6.07, 6.45) is 1.29. The van der Waals surface area contributed by atoms with Gasteiger partial charge in [0.1, 0.15) is 11.3 Å². The summed E-state index contributed by atoms with van der Waals surface area (Å²) in [6, 6.07) is 8.28. The second-order valence-corrected chi connectivity index (χ2v) is 7.23. The van der Waals surface area contributed by atoms with Crippen molar-refractivity contribution in [2.45, 2.75) is 0 Å². The number of hydrogen-bond donors (Lipinski definition) is 2. The first-order valence-corrected chi connectivity index (χ1v) is 9.82. The third kappa shape index (κ3) is 4.72. The summed E-state index contributed by atoms with van der Waals surface area (Å²) >= 11 is 3.27. The fraction of sp³-hybridized carbons (Fsp3) is 0.143. The zero-order chi connectivity index (χ0) is 23.4. The molecule has 1 saturated heterocycles. The molecule has 0 aliphatic carbocycles. The van der Waals surface area contributed by atoms with Gasteiger partial charge in [-0.3, -0.25) is 14.9 Å². The SMILES string of the molecule is COc1ccc(N2C(=O)NC(=O)/C(=C\c3cc(Br)c(OCC(=O)O)c(OC)c3)C2=O)cc1. The van der Waals surface area contributed by atoms with Crippen molar-refractivity contribution in [3.8, 4) is 17.2 Å². The highest BCUT2D eigenvalue weighted by atomic mass is 79.9. The molecule has 32 heavy (non-hydrogen) atoms. The van der Waals surface area contributed by atoms with Crippen molar-refractivity contribution in [1.29, 1.82) is 0 Å². The van der Waals surface area contributed by atoms with E-state index >= 15 is 0 Å². The van der Waals surface area contributed by atoms with Gasteiger partial charge < -0.3 is 19.3 Å². The lowest BCUT2D eigenvalue weighted by Crippen LogP contribution is -2.54. The number of carbonyl (C=O) groups is 4. The molecule has 0 bridgehead atoms. The normalized spacial score (nSPS) is 14.9. The Kier molecular flexibility index (Phi) is 6.79. The van der Waals surface area contributed by atoms with Crippen LogP contribution in [0.2, 0.25) is 0 Å². The van der Waals surface area contributed by atoms with Gasteiger partial charge in [0, 0.05) is 0 Å². The lowest BCUT2D eigenvalue weighted by Gasteiger charge is -2.26. The van der Waals surface area contributed by atoms with E-state index in [0.29, 0.717) is 15.8 Å². The van der Waals surface area contributed by atoms with Gasteiger partial charge in [0.15, 0.2) is 18.1 Å². The Morgan fingerprint density at radius 3 is 2.41 bits per heavy atom. The van der Waals surface area contributed by atoms with Gasteiger partial charge in [-0.1, -0.05) is 0 Å². The van der Waals surface area contributed by atoms with Gasteiger partial charge in [0.25, 0.3) is 11.8 Å². The number of amides is 4. The van der Waals surface area contributed by atoms with Crippen molar-refractivity contribution in [3.63, 3.8) is 0 Å². The molecule has 0 aromatic heterocycles. The lowest BCUT2D eigenvalue weighted by atomic mass is 10.1. The van der Waals surface area contributed by atoms with Crippen LogP contribution in [0.4, 0.5) is 10.5 Å². The number of nitrogens with one attached hydrogen (secondary N) is 1. The number of carbonyl (C=O) groups excluding carboxylic acids is 3. The molecule has 2 aromatic carbocycles. The van der Waals surface area contributed by atoms with Crippen LogP contribution in [0.15, 0.2) is 46.4 Å². The third-order valence-electron chi connectivity index (χ3n) is 4.34. The number of halogens is 1. The van der Waals surface area contributed by atoms with E-state index in [1.54, 1.807) is 12.1 Å². The Balaban J connectivity index is 1.98. The quantitative estimate of drug-likeness (QED) is 0.434. The number of rotatable bonds is 7. The molecule has 1 aliphatic heterocycles. The zero-order valence-corrected chi connectivity index (χ0v) is 18.5. The Bertz CT molecular complexity index is 1130. The number of urea groups is 1. The van der Waals surface area contributed by atoms with E-state index < -0.39 is 30.4 Å². The highest BCUT2D eigenvalue weighted by Gasteiger charge is 2.36. The fourth-order valence-corrected chi connectivity index (χ4v) is 3.46. The van der Waals surface area contributed by atoms with Crippen LogP contribution in [0.25, 0.3) is 6.08 Å². The number of methoxy groups -OCH3 is 2. The van der Waals surface area contributed by atoms with E-state index in [1.165, 1.54) is 44.6 Å². The molecule has 10 nitrogen and oxygen atoms in total. The van der Waals surface area contributed by atoms with Crippen LogP contribution < -0.4 is 24.4 Å². The van der Waals surface area contributed by atoms with Crippen LogP contribution >= 0.6 is 15.9 Å². The highest BCUT2D eigenvalue weighted by Crippen LogP contribution is 2.37. The molecule has 0 atom stereocenters. The van der Waals surface area contributed by atoms with E-state index in [1.807, 2.05) is 0 Å². The number of benzene rings is 2. The number of carboxylic acid groups (broad SMARTS) is 1. The minimum Gasteiger partial charge on any atom is -0.497 e. The van der Waals surface area contributed by atoms with E-state index in [9.17, 15) is 19.2 Å². The summed E-state index contributed by atoms with van der Waals surface area (Å²) in [7, 11) is 2.84. The van der Waals surface area contributed by atoms with Crippen LogP contribution in [0.3, 0.4) is 0 Å². The molecule has 2 N–H and O–H groups in total. The molecule has 0 radical (unpaired) electrons. The highest BCUT2D eigenvalue weighted by molar-refractivity contribution is 9.10. The van der Waals surface area contributed by atoms with Crippen molar-refractivity contribution in [2.24, 2.45) is 0 Å². The maximum Gasteiger partial charge on any atom is 0.341 e. The van der Waals surface area contributed by atoms with Crippen LogP contribution in [0, 0.1) is 0 Å². The molecule has 3 rings (SSSR count). The summed E-state index contributed by atoms with van der Waals surface area (Å²) < 4.78 is 15.9. The van der Waals surface area contributed by atoms with E-state index in [2.05, 4.69) is 21.2 Å². The molecule has 166 valence electrons. The van der Waals surface area contributed by atoms with Crippen LogP contribution in [-0.2, 0) is 14.4 Å². The van der Waals surface area contributed by atoms with Crippen molar-refractivity contribution < 1.29 is 38.5 Å². The number of anilines is 1. The second kappa shape index (κ2) is 9.52. The Hall–Kier alpha value is -3.86. The summed E-state index contributed by atoms with van der Waals surface area (Å²) in [5.41, 5.74) is 0.343. The van der Waals surface area contributed by atoms with Crippen molar-refractivity contribution >= 4 is 51.5 Å². The molecule has 1 heterocycles. The number of ether oxygens (including phenoxy) is 3. The first-order chi connectivity index (χ1) is 15.2. The molecular formula is C21H17BrN2O8. The summed E-state index contributed by atoms with van der Waals surface area (Å²) in [4.78, 5) is 49.3. The summed E-state index contributed by atoms with van der Waals surface area (Å²) in [5.74, 6) is -1.98. The van der Waals surface area contributed by atoms with Gasteiger partial charge >= 0.3 is 12.0 Å². The average Bonchev–Trinajstić information content (AvgIpc) is 2.75. The molecule has 11 heteroatoms. The first kappa shape index (κ1) is 22.8. The summed E-state index contributed by atoms with van der Waals surface area (Å²) in [5, 5.41) is 11.0. The van der Waals surface area contributed by atoms with Crippen molar-refractivity contribution in [3.05, 3.63) is 52.0 Å². The predicted molar refractivity (Wildman–Crippen MR) is 116 cm³/mol. The minimum absolute atomic E-state index is 0.145. The van der Waals surface area contributed by atoms with Gasteiger partial charge in [-0.25, -0.2) is 14.5 Å². The minimum atomic E-state index is -1.17. The lowest BCUT2D eigenvalue weighted by molar-refractivity contribution is -0.139. The number of aliphatic carboxylic acids is 1. The molecule has 1 fully saturated rings. The number of carboxylic acids is 1. The predicted octanol–water partition coefficient (Wildman–Crippen LogP) is 2.60. The molecule has 4 amide bonds. The van der Waals surface area contributed by atoms with Gasteiger partial charge in [-0.15, -0.1) is 0 Å². The second-order valence-electron chi connectivity index (χ2n) is 6.37. The Morgan fingerprint density at radius 2 is 1.81 bits per heavy atom. The molecular weight excluding hydrogens is 488 g/mol. The molecule has 0 saturated carbocycles. The molecule has 1 aliphatic rings. The number of nitrogens with zero attached hydrogens (tertiary/aromatic N) is 1. The van der Waals surface area contributed by atoms with E-state index in [-0.39, 0.29) is 22.8 Å². The third-order valence-corrected chi connectivity index (χ3v) is 4.92. The molecule has 2 aromatic rings. The monoisotopic (exact) mass is 504 g/mol. The maximum absolute atomic E-state index is 13.0. The van der Waals surface area contributed by atoms with Gasteiger partial charge in [-0.05, 0) is 64.0 Å². The van der Waals surface area contributed by atoms with Crippen molar-refractivity contribution in [1.82, 2.24) is 5.32 Å². The zero-order valence-electron chi connectivity index (χ0n) is 16.9. The van der Waals surface area contributed by atoms with Crippen LogP contribution in [0.5, 0.6) is 17.2 Å². The smallest absolute Gasteiger partial charge is 0.341 e. The number of barbiturate groups is 1. The van der Waals surface area contributed by atoms with Crippen LogP contribution in [-0.4, -0.2) is 49.7 Å². The Labute approximate surface area is 190 Å². The van der Waals surface area contributed by atoms with Gasteiger partial charge in [0.05, 0.1) is 24.4 Å². The average molecular weight is 505 g/mol. The molecule has 0 spiro atoms. The van der Waals surface area contributed by atoms with Crippen LogP contribution in [0.1, 0.15) is 5.56 Å². The van der Waals surface area contributed by atoms with Crippen molar-refractivity contribution in [2.75, 3.05) is 25.7 Å². The number of hydrogen-bond acceptors (Lipinski definition) is 7. The fourth-order valence-electron chi connectivity index (χ4n) is 2.89. The topological polar surface area (TPSA) is 131 Å².